The third kappa shape index (κ3) is 2.41. The van der Waals surface area contributed by atoms with Crippen molar-refractivity contribution in [1.82, 2.24) is 14.7 Å². The topological polar surface area (TPSA) is 42.6 Å². The second-order valence-electron chi connectivity index (χ2n) is 5.19. The van der Waals surface area contributed by atoms with Crippen molar-refractivity contribution in [2.45, 2.75) is 6.92 Å². The molecule has 5 nitrogen and oxygen atoms in total. The third-order valence-electron chi connectivity index (χ3n) is 3.63. The molecule has 22 heavy (non-hydrogen) atoms. The molecule has 0 atom stereocenters. The second-order valence-corrected chi connectivity index (χ2v) is 5.19. The summed E-state index contributed by atoms with van der Waals surface area (Å²) in [5.41, 5.74) is 3.57. The van der Waals surface area contributed by atoms with E-state index >= 15 is 0 Å². The van der Waals surface area contributed by atoms with Gasteiger partial charge in [0.25, 0.3) is 0 Å². The first-order chi connectivity index (χ1) is 10.6. The van der Waals surface area contributed by atoms with Crippen LogP contribution in [0.3, 0.4) is 0 Å². The van der Waals surface area contributed by atoms with Gasteiger partial charge in [0.05, 0.1) is 23.2 Å². The van der Waals surface area contributed by atoms with Crippen LogP contribution in [0, 0.1) is 6.92 Å². The Hall–Kier alpha value is -2.82. The number of rotatable bonds is 4. The summed E-state index contributed by atoms with van der Waals surface area (Å²) in [6, 6.07) is 7.90. The normalized spacial score (nSPS) is 13.2. The van der Waals surface area contributed by atoms with Crippen LogP contribution in [-0.4, -0.2) is 27.6 Å². The van der Waals surface area contributed by atoms with Gasteiger partial charge >= 0.3 is 0 Å². The molecule has 2 aromatic rings. The van der Waals surface area contributed by atoms with Crippen LogP contribution < -0.4 is 4.74 Å². The Kier molecular flexibility index (Phi) is 3.55. The fourth-order valence-corrected chi connectivity index (χ4v) is 2.32. The van der Waals surface area contributed by atoms with Gasteiger partial charge in [-0.05, 0) is 18.6 Å². The predicted molar refractivity (Wildman–Crippen MR) is 88.0 cm³/mol. The van der Waals surface area contributed by atoms with E-state index in [0.29, 0.717) is 6.61 Å². The number of aryl methyl sites for hydroxylation is 2. The van der Waals surface area contributed by atoms with Crippen molar-refractivity contribution in [1.29, 1.82) is 0 Å². The lowest BCUT2D eigenvalue weighted by molar-refractivity contribution is 0.331. The maximum absolute atomic E-state index is 5.83. The Bertz CT molecular complexity index is 773. The summed E-state index contributed by atoms with van der Waals surface area (Å²) < 4.78 is 7.55. The van der Waals surface area contributed by atoms with E-state index in [4.69, 9.17) is 4.74 Å². The van der Waals surface area contributed by atoms with Crippen LogP contribution in [0.5, 0.6) is 5.75 Å². The van der Waals surface area contributed by atoms with Gasteiger partial charge in [0.1, 0.15) is 18.7 Å². The zero-order valence-electron chi connectivity index (χ0n) is 12.8. The molecule has 3 rings (SSSR count). The molecule has 0 unspecified atom stereocenters. The molecule has 0 saturated heterocycles. The van der Waals surface area contributed by atoms with Crippen molar-refractivity contribution < 1.29 is 4.74 Å². The Balaban J connectivity index is 1.72. The van der Waals surface area contributed by atoms with Crippen molar-refractivity contribution in [3.8, 4) is 5.75 Å². The number of hydrogen-bond acceptors (Lipinski definition) is 4. The summed E-state index contributed by atoms with van der Waals surface area (Å²) in [5, 5.41) is 4.20. The van der Waals surface area contributed by atoms with E-state index in [9.17, 15) is 0 Å². The third-order valence-corrected chi connectivity index (χ3v) is 3.63. The smallest absolute Gasteiger partial charge is 0.161 e. The molecule has 0 amide bonds. The Morgan fingerprint density at radius 1 is 1.32 bits per heavy atom. The van der Waals surface area contributed by atoms with Gasteiger partial charge in [-0.3, -0.25) is 4.68 Å². The number of nitrogens with zero attached hydrogens (tertiary/aromatic N) is 4. The van der Waals surface area contributed by atoms with Crippen LogP contribution in [0.15, 0.2) is 54.3 Å². The predicted octanol–water partition coefficient (Wildman–Crippen LogP) is 3.27. The Morgan fingerprint density at radius 2 is 2.09 bits per heavy atom. The van der Waals surface area contributed by atoms with Crippen molar-refractivity contribution in [2.75, 3.05) is 6.61 Å². The lowest BCUT2D eigenvalue weighted by Gasteiger charge is -2.26. The van der Waals surface area contributed by atoms with Gasteiger partial charge in [0.2, 0.25) is 0 Å². The van der Waals surface area contributed by atoms with Crippen molar-refractivity contribution >= 4 is 17.9 Å². The SMILES string of the molecule is C=C(COc1ccccc1C)N1C=Nc2c(cnn2C)C1=C. The molecule has 1 aromatic carbocycles. The van der Waals surface area contributed by atoms with Crippen LogP contribution in [0.1, 0.15) is 11.1 Å². The minimum absolute atomic E-state index is 0.367. The molecule has 1 aliphatic rings. The van der Waals surface area contributed by atoms with E-state index < -0.39 is 0 Å². The van der Waals surface area contributed by atoms with E-state index in [1.165, 1.54) is 0 Å². The fourth-order valence-electron chi connectivity index (χ4n) is 2.32. The number of fused-ring (bicyclic) bond motifs is 1. The second kappa shape index (κ2) is 5.52. The fraction of sp³-hybridized carbons (Fsp3) is 0.176. The van der Waals surface area contributed by atoms with Gasteiger partial charge in [-0.25, -0.2) is 4.99 Å². The van der Waals surface area contributed by atoms with Crippen LogP contribution in [-0.2, 0) is 7.05 Å². The van der Waals surface area contributed by atoms with Gasteiger partial charge in [0.15, 0.2) is 5.82 Å². The maximum atomic E-state index is 5.83. The Morgan fingerprint density at radius 3 is 2.86 bits per heavy atom. The lowest BCUT2D eigenvalue weighted by atomic mass is 10.2. The first-order valence-corrected chi connectivity index (χ1v) is 6.99. The summed E-state index contributed by atoms with van der Waals surface area (Å²) in [6.45, 7) is 10.6. The van der Waals surface area contributed by atoms with E-state index in [-0.39, 0.29) is 0 Å². The molecule has 2 heterocycles. The van der Waals surface area contributed by atoms with E-state index in [1.807, 2.05) is 43.1 Å². The monoisotopic (exact) mass is 294 g/mol. The first kappa shape index (κ1) is 14.1. The molecule has 0 bridgehead atoms. The van der Waals surface area contributed by atoms with Gasteiger partial charge in [-0.2, -0.15) is 5.10 Å². The van der Waals surface area contributed by atoms with Crippen LogP contribution in [0.25, 0.3) is 5.70 Å². The van der Waals surface area contributed by atoms with Crippen LogP contribution >= 0.6 is 0 Å². The molecule has 112 valence electrons. The highest BCUT2D eigenvalue weighted by atomic mass is 16.5. The van der Waals surface area contributed by atoms with Gasteiger partial charge in [-0.1, -0.05) is 31.4 Å². The molecule has 0 radical (unpaired) electrons. The molecule has 5 heteroatoms. The summed E-state index contributed by atoms with van der Waals surface area (Å²) in [7, 11) is 1.86. The zero-order chi connectivity index (χ0) is 15.7. The highest BCUT2D eigenvalue weighted by Gasteiger charge is 2.21. The lowest BCUT2D eigenvalue weighted by Crippen LogP contribution is -2.24. The minimum Gasteiger partial charge on any atom is -0.487 e. The standard InChI is InChI=1S/C17H18N4O/c1-12-7-5-6-8-16(12)22-10-13(2)21-11-18-17-15(14(21)3)9-19-20(17)4/h5-9,11H,2-3,10H2,1,4H3. The number of aromatic nitrogens is 2. The molecule has 0 fully saturated rings. The number of benzene rings is 1. The molecule has 1 aliphatic heterocycles. The van der Waals surface area contributed by atoms with Gasteiger partial charge < -0.3 is 9.64 Å². The summed E-state index contributed by atoms with van der Waals surface area (Å²) >= 11 is 0. The van der Waals surface area contributed by atoms with Crippen LogP contribution in [0.4, 0.5) is 5.82 Å². The largest absolute Gasteiger partial charge is 0.487 e. The molecular formula is C17H18N4O. The number of aliphatic imine (C=N–C) groups is 1. The number of hydrogen-bond donors (Lipinski definition) is 0. The summed E-state index contributed by atoms with van der Waals surface area (Å²) in [6.07, 6.45) is 3.46. The van der Waals surface area contributed by atoms with E-state index in [0.717, 1.165) is 34.1 Å². The minimum atomic E-state index is 0.367. The van der Waals surface area contributed by atoms with Gasteiger partial charge in [-0.15, -0.1) is 0 Å². The molecule has 0 saturated carbocycles. The first-order valence-electron chi connectivity index (χ1n) is 6.99. The van der Waals surface area contributed by atoms with E-state index in [1.54, 1.807) is 17.2 Å². The average molecular weight is 294 g/mol. The maximum Gasteiger partial charge on any atom is 0.161 e. The number of para-hydroxylation sites is 1. The van der Waals surface area contributed by atoms with Crippen molar-refractivity contribution in [3.05, 3.63) is 60.4 Å². The van der Waals surface area contributed by atoms with E-state index in [2.05, 4.69) is 23.2 Å². The molecule has 0 aliphatic carbocycles. The highest BCUT2D eigenvalue weighted by molar-refractivity contribution is 5.86. The molecule has 1 aromatic heterocycles. The summed E-state index contributed by atoms with van der Waals surface area (Å²) in [4.78, 5) is 6.24. The zero-order valence-corrected chi connectivity index (χ0v) is 12.8. The quantitative estimate of drug-likeness (QED) is 0.869. The summed E-state index contributed by atoms with van der Waals surface area (Å²) in [5.74, 6) is 1.65. The van der Waals surface area contributed by atoms with Crippen LogP contribution in [0.2, 0.25) is 0 Å². The van der Waals surface area contributed by atoms with Gasteiger partial charge in [0, 0.05) is 7.05 Å². The van der Waals surface area contributed by atoms with Crippen molar-refractivity contribution in [2.24, 2.45) is 12.0 Å². The molecular weight excluding hydrogens is 276 g/mol. The average Bonchev–Trinajstić information content (AvgIpc) is 2.89. The Labute approximate surface area is 129 Å². The number of ether oxygens (including phenoxy) is 1. The molecule has 0 N–H and O–H groups in total. The highest BCUT2D eigenvalue weighted by Crippen LogP contribution is 2.32. The molecule has 0 spiro atoms. The van der Waals surface area contributed by atoms with Crippen molar-refractivity contribution in [3.63, 3.8) is 0 Å².